The van der Waals surface area contributed by atoms with Gasteiger partial charge < -0.3 is 29.4 Å². The minimum Gasteiger partial charge on any atom is -0.487 e. The van der Waals surface area contributed by atoms with Gasteiger partial charge in [-0.25, -0.2) is 4.79 Å². The number of benzene rings is 1. The van der Waals surface area contributed by atoms with Crippen LogP contribution in [0.15, 0.2) is 34.9 Å². The molecule has 1 aliphatic heterocycles. The van der Waals surface area contributed by atoms with Crippen LogP contribution in [-0.2, 0) is 17.9 Å². The van der Waals surface area contributed by atoms with Gasteiger partial charge in [0.15, 0.2) is 0 Å². The van der Waals surface area contributed by atoms with Crippen LogP contribution in [0.5, 0.6) is 5.75 Å². The predicted octanol–water partition coefficient (Wildman–Crippen LogP) is 3.20. The highest BCUT2D eigenvalue weighted by Crippen LogP contribution is 2.22. The minimum atomic E-state index is -0.147. The largest absolute Gasteiger partial charge is 0.487 e. The summed E-state index contributed by atoms with van der Waals surface area (Å²) >= 11 is 0. The third-order valence-electron chi connectivity index (χ3n) is 5.85. The second-order valence-electron chi connectivity index (χ2n) is 8.29. The van der Waals surface area contributed by atoms with Crippen LogP contribution in [-0.4, -0.2) is 58.1 Å². The molecule has 1 aromatic carbocycles. The standard InChI is InChI=1S/C23H29N5O4/c1-15-9-19(26-32-15)14-31-21-7-6-17-10-18(25-22(17)11-21)12-24-23(30)27(3)20-5-4-8-28(13-20)16(2)29/h6-7,9-11,20,25H,4-5,8,12-14H2,1-3H3,(H,24,30). The van der Waals surface area contributed by atoms with Gasteiger partial charge in [0.25, 0.3) is 0 Å². The van der Waals surface area contributed by atoms with Gasteiger partial charge in [-0.3, -0.25) is 4.79 Å². The molecule has 170 valence electrons. The minimum absolute atomic E-state index is 0.0311. The molecule has 1 saturated heterocycles. The second kappa shape index (κ2) is 9.33. The molecule has 0 bridgehead atoms. The van der Waals surface area contributed by atoms with E-state index in [-0.39, 0.29) is 18.0 Å². The Balaban J connectivity index is 1.32. The molecule has 2 aromatic heterocycles. The highest BCUT2D eigenvalue weighted by atomic mass is 16.5. The molecule has 1 fully saturated rings. The van der Waals surface area contributed by atoms with Gasteiger partial charge in [0.2, 0.25) is 5.91 Å². The first-order valence-electron chi connectivity index (χ1n) is 10.8. The molecule has 0 radical (unpaired) electrons. The molecule has 1 aliphatic rings. The summed E-state index contributed by atoms with van der Waals surface area (Å²) in [6.07, 6.45) is 1.81. The van der Waals surface area contributed by atoms with E-state index >= 15 is 0 Å². The lowest BCUT2D eigenvalue weighted by molar-refractivity contribution is -0.130. The topological polar surface area (TPSA) is 104 Å². The number of fused-ring (bicyclic) bond motifs is 1. The number of aromatic nitrogens is 2. The van der Waals surface area contributed by atoms with Crippen molar-refractivity contribution in [3.8, 4) is 5.75 Å². The molecule has 1 unspecified atom stereocenters. The van der Waals surface area contributed by atoms with Crippen molar-refractivity contribution >= 4 is 22.8 Å². The van der Waals surface area contributed by atoms with Crippen LogP contribution < -0.4 is 10.1 Å². The maximum atomic E-state index is 12.6. The summed E-state index contributed by atoms with van der Waals surface area (Å²) in [6, 6.07) is 9.55. The van der Waals surface area contributed by atoms with Crippen molar-refractivity contribution in [3.63, 3.8) is 0 Å². The fourth-order valence-electron chi connectivity index (χ4n) is 4.01. The van der Waals surface area contributed by atoms with Gasteiger partial charge in [-0.15, -0.1) is 0 Å². The molecule has 3 amide bonds. The van der Waals surface area contributed by atoms with E-state index in [2.05, 4.69) is 15.5 Å². The van der Waals surface area contributed by atoms with Crippen LogP contribution in [0, 0.1) is 6.92 Å². The SMILES string of the molecule is CC(=O)N1CCCC(N(C)C(=O)NCc2cc3ccc(OCc4cc(C)on4)cc3[nH]2)C1. The number of aryl methyl sites for hydroxylation is 1. The van der Waals surface area contributed by atoms with Gasteiger partial charge in [0.1, 0.15) is 23.8 Å². The number of piperidine rings is 1. The average Bonchev–Trinajstić information content (AvgIpc) is 3.40. The number of hydrogen-bond donors (Lipinski definition) is 2. The van der Waals surface area contributed by atoms with Gasteiger partial charge in [0, 0.05) is 50.4 Å². The molecule has 2 N–H and O–H groups in total. The van der Waals surface area contributed by atoms with E-state index in [9.17, 15) is 9.59 Å². The Morgan fingerprint density at radius 2 is 2.19 bits per heavy atom. The number of nitrogens with zero attached hydrogens (tertiary/aromatic N) is 3. The van der Waals surface area contributed by atoms with Crippen LogP contribution >= 0.6 is 0 Å². The number of rotatable bonds is 6. The van der Waals surface area contributed by atoms with Crippen molar-refractivity contribution in [3.05, 3.63) is 47.5 Å². The van der Waals surface area contributed by atoms with Crippen LogP contribution in [0.4, 0.5) is 4.79 Å². The third kappa shape index (κ3) is 5.04. The summed E-state index contributed by atoms with van der Waals surface area (Å²) in [7, 11) is 1.79. The third-order valence-corrected chi connectivity index (χ3v) is 5.85. The van der Waals surface area contributed by atoms with Crippen molar-refractivity contribution < 1.29 is 18.8 Å². The van der Waals surface area contributed by atoms with E-state index in [1.54, 1.807) is 23.8 Å². The lowest BCUT2D eigenvalue weighted by Gasteiger charge is -2.37. The van der Waals surface area contributed by atoms with Crippen molar-refractivity contribution in [2.75, 3.05) is 20.1 Å². The van der Waals surface area contributed by atoms with Crippen LogP contribution in [0.3, 0.4) is 0 Å². The summed E-state index contributed by atoms with van der Waals surface area (Å²) in [5.41, 5.74) is 2.58. The number of nitrogens with one attached hydrogen (secondary N) is 2. The number of carbonyl (C=O) groups is 2. The molecule has 4 rings (SSSR count). The number of hydrogen-bond acceptors (Lipinski definition) is 5. The van der Waals surface area contributed by atoms with E-state index in [1.165, 1.54) is 0 Å². The van der Waals surface area contributed by atoms with E-state index in [0.717, 1.165) is 53.2 Å². The molecule has 9 nitrogen and oxygen atoms in total. The molecule has 0 saturated carbocycles. The number of amides is 3. The van der Waals surface area contributed by atoms with Gasteiger partial charge in [-0.1, -0.05) is 5.16 Å². The van der Waals surface area contributed by atoms with Crippen LogP contribution in [0.2, 0.25) is 0 Å². The van der Waals surface area contributed by atoms with Crippen molar-refractivity contribution in [1.82, 2.24) is 25.3 Å². The number of ether oxygens (including phenoxy) is 1. The molecule has 1 atom stereocenters. The maximum Gasteiger partial charge on any atom is 0.317 e. The van der Waals surface area contributed by atoms with Crippen LogP contribution in [0.1, 0.15) is 36.9 Å². The number of likely N-dealkylation sites (tertiary alicyclic amines) is 1. The Morgan fingerprint density at radius 1 is 1.34 bits per heavy atom. The molecule has 3 aromatic rings. The Kier molecular flexibility index (Phi) is 6.34. The first kappa shape index (κ1) is 21.7. The highest BCUT2D eigenvalue weighted by molar-refractivity contribution is 5.82. The van der Waals surface area contributed by atoms with Gasteiger partial charge in [-0.05, 0) is 43.4 Å². The lowest BCUT2D eigenvalue weighted by Crippen LogP contribution is -2.52. The smallest absolute Gasteiger partial charge is 0.317 e. The first-order chi connectivity index (χ1) is 15.4. The quantitative estimate of drug-likeness (QED) is 0.614. The van der Waals surface area contributed by atoms with Crippen molar-refractivity contribution in [2.24, 2.45) is 0 Å². The number of urea groups is 1. The molecule has 9 heteroatoms. The average molecular weight is 440 g/mol. The van der Waals surface area contributed by atoms with E-state index < -0.39 is 0 Å². The van der Waals surface area contributed by atoms with Gasteiger partial charge in [-0.2, -0.15) is 0 Å². The monoisotopic (exact) mass is 439 g/mol. The Hall–Kier alpha value is -3.49. The zero-order valence-electron chi connectivity index (χ0n) is 18.7. The molecular formula is C23H29N5O4. The maximum absolute atomic E-state index is 12.6. The number of aromatic amines is 1. The van der Waals surface area contributed by atoms with Crippen molar-refractivity contribution in [1.29, 1.82) is 0 Å². The summed E-state index contributed by atoms with van der Waals surface area (Å²) in [6.45, 7) is 5.48. The Bertz CT molecular complexity index is 1100. The first-order valence-corrected chi connectivity index (χ1v) is 10.8. The summed E-state index contributed by atoms with van der Waals surface area (Å²) in [4.78, 5) is 31.1. The van der Waals surface area contributed by atoms with Gasteiger partial charge >= 0.3 is 6.03 Å². The summed E-state index contributed by atoms with van der Waals surface area (Å²) in [5, 5.41) is 7.93. The molecular weight excluding hydrogens is 410 g/mol. The van der Waals surface area contributed by atoms with Crippen LogP contribution in [0.25, 0.3) is 10.9 Å². The summed E-state index contributed by atoms with van der Waals surface area (Å²) < 4.78 is 10.9. The normalized spacial score (nSPS) is 16.2. The predicted molar refractivity (Wildman–Crippen MR) is 119 cm³/mol. The Morgan fingerprint density at radius 3 is 2.94 bits per heavy atom. The number of carbonyl (C=O) groups excluding carboxylic acids is 2. The Labute approximate surface area is 186 Å². The van der Waals surface area contributed by atoms with E-state index in [1.807, 2.05) is 37.3 Å². The van der Waals surface area contributed by atoms with E-state index in [0.29, 0.717) is 19.7 Å². The molecule has 3 heterocycles. The van der Waals surface area contributed by atoms with Gasteiger partial charge in [0.05, 0.1) is 12.6 Å². The lowest BCUT2D eigenvalue weighted by atomic mass is 10.0. The number of likely N-dealkylation sites (N-methyl/N-ethyl adjacent to an activating group) is 1. The number of H-pyrrole nitrogens is 1. The fraction of sp³-hybridized carbons (Fsp3) is 0.435. The highest BCUT2D eigenvalue weighted by Gasteiger charge is 2.27. The zero-order valence-corrected chi connectivity index (χ0v) is 18.7. The second-order valence-corrected chi connectivity index (χ2v) is 8.29. The van der Waals surface area contributed by atoms with E-state index in [4.69, 9.17) is 9.26 Å². The fourth-order valence-corrected chi connectivity index (χ4v) is 4.01. The van der Waals surface area contributed by atoms with Crippen molar-refractivity contribution in [2.45, 2.75) is 45.9 Å². The molecule has 32 heavy (non-hydrogen) atoms. The summed E-state index contributed by atoms with van der Waals surface area (Å²) in [5.74, 6) is 1.53. The zero-order chi connectivity index (χ0) is 22.7. The molecule has 0 spiro atoms. The molecule has 0 aliphatic carbocycles.